The third-order valence-electron chi connectivity index (χ3n) is 5.20. The van der Waals surface area contributed by atoms with Crippen LogP contribution in [0.4, 0.5) is 5.69 Å². The maximum Gasteiger partial charge on any atom is 0.345 e. The van der Waals surface area contributed by atoms with Crippen molar-refractivity contribution in [2.75, 3.05) is 5.73 Å². The van der Waals surface area contributed by atoms with Crippen molar-refractivity contribution in [3.05, 3.63) is 130 Å². The molecule has 5 nitrogen and oxygen atoms in total. The molecule has 5 heteroatoms. The molecular formula is C36H48N4O. The van der Waals surface area contributed by atoms with E-state index in [1.807, 2.05) is 120 Å². The average Bonchev–Trinajstić information content (AvgIpc) is 2.98. The molecule has 0 fully saturated rings. The number of nitrogens with zero attached hydrogens (tertiary/aromatic N) is 2. The first-order valence-electron chi connectivity index (χ1n) is 13.2. The van der Waals surface area contributed by atoms with Crippen molar-refractivity contribution in [1.29, 1.82) is 5.26 Å². The van der Waals surface area contributed by atoms with Gasteiger partial charge in [0.15, 0.2) is 0 Å². The molecular weight excluding hydrogens is 504 g/mol. The van der Waals surface area contributed by atoms with E-state index in [4.69, 9.17) is 11.0 Å². The van der Waals surface area contributed by atoms with Crippen LogP contribution in [-0.2, 0) is 0 Å². The van der Waals surface area contributed by atoms with E-state index in [1.165, 1.54) is 5.56 Å². The van der Waals surface area contributed by atoms with Crippen LogP contribution in [0.25, 0.3) is 22.2 Å². The average molecular weight is 553 g/mol. The van der Waals surface area contributed by atoms with Crippen LogP contribution >= 0.6 is 0 Å². The van der Waals surface area contributed by atoms with Gasteiger partial charge in [0, 0.05) is 16.6 Å². The Kier molecular flexibility index (Phi) is 19.9. The van der Waals surface area contributed by atoms with E-state index < -0.39 is 0 Å². The first-order chi connectivity index (χ1) is 18.9. The van der Waals surface area contributed by atoms with Crippen LogP contribution in [-0.4, -0.2) is 9.97 Å². The van der Waals surface area contributed by atoms with E-state index in [1.54, 1.807) is 12.1 Å². The van der Waals surface area contributed by atoms with Crippen molar-refractivity contribution < 1.29 is 0 Å². The summed E-state index contributed by atoms with van der Waals surface area (Å²) in [4.78, 5) is 18.5. The topological polar surface area (TPSA) is 95.6 Å². The summed E-state index contributed by atoms with van der Waals surface area (Å²) < 4.78 is 0. The molecule has 0 saturated carbocycles. The summed E-state index contributed by atoms with van der Waals surface area (Å²) in [5.41, 5.74) is 12.3. The molecule has 0 saturated heterocycles. The summed E-state index contributed by atoms with van der Waals surface area (Å²) in [7, 11) is 0. The molecule has 41 heavy (non-hydrogen) atoms. The van der Waals surface area contributed by atoms with Gasteiger partial charge in [-0.1, -0.05) is 126 Å². The van der Waals surface area contributed by atoms with Gasteiger partial charge in [-0.15, -0.1) is 0 Å². The molecule has 3 N–H and O–H groups in total. The maximum absolute atomic E-state index is 11.6. The van der Waals surface area contributed by atoms with E-state index in [0.717, 1.165) is 33.3 Å². The van der Waals surface area contributed by atoms with Gasteiger partial charge >= 0.3 is 5.69 Å². The number of hydrogen-bond acceptors (Lipinski definition) is 4. The van der Waals surface area contributed by atoms with Gasteiger partial charge in [-0.05, 0) is 50.6 Å². The van der Waals surface area contributed by atoms with E-state index in [2.05, 4.69) is 29.0 Å². The number of benzene rings is 4. The lowest BCUT2D eigenvalue weighted by atomic mass is 10.1. The Morgan fingerprint density at radius 2 is 1.22 bits per heavy atom. The standard InChI is InChI=1S/C15H12N2O.C8H8N2.C7H8.2C2H6.2CH4/c1-10-7-8-13-12(9-10)14(17-15(18)16-13)11-5-3-2-4-6-11;1-6-2-3-8(10)7(4-6)5-9;1-7-5-3-2-4-6-7;2*1-2;;/h2-9H,1H3,(H,16,17,18);2-4H,10H2,1H3;2-6H,1H3;2*1-2H3;2*1H4. The Balaban J connectivity index is 0. The van der Waals surface area contributed by atoms with E-state index >= 15 is 0 Å². The fraction of sp³-hybridized carbons (Fsp3) is 0.250. The highest BCUT2D eigenvalue weighted by Crippen LogP contribution is 2.24. The number of H-pyrrole nitrogens is 1. The second kappa shape index (κ2) is 21.2. The molecule has 0 amide bonds. The van der Waals surface area contributed by atoms with E-state index in [-0.39, 0.29) is 20.5 Å². The van der Waals surface area contributed by atoms with Gasteiger partial charge in [-0.3, -0.25) is 0 Å². The molecule has 0 aliphatic rings. The third kappa shape index (κ3) is 12.8. The van der Waals surface area contributed by atoms with Gasteiger partial charge in [0.1, 0.15) is 6.07 Å². The number of fused-ring (bicyclic) bond motifs is 1. The van der Waals surface area contributed by atoms with Crippen LogP contribution < -0.4 is 11.4 Å². The van der Waals surface area contributed by atoms with Gasteiger partial charge in [0.05, 0.1) is 16.8 Å². The summed E-state index contributed by atoms with van der Waals surface area (Å²) >= 11 is 0. The Morgan fingerprint density at radius 3 is 1.71 bits per heavy atom. The predicted molar refractivity (Wildman–Crippen MR) is 180 cm³/mol. The van der Waals surface area contributed by atoms with E-state index in [9.17, 15) is 4.79 Å². The van der Waals surface area contributed by atoms with Gasteiger partial charge in [0.25, 0.3) is 0 Å². The van der Waals surface area contributed by atoms with Crippen LogP contribution in [0.3, 0.4) is 0 Å². The summed E-state index contributed by atoms with van der Waals surface area (Å²) in [6.45, 7) is 14.0. The Labute approximate surface area is 247 Å². The van der Waals surface area contributed by atoms with Crippen LogP contribution in [0.5, 0.6) is 0 Å². The van der Waals surface area contributed by atoms with Gasteiger partial charge < -0.3 is 10.7 Å². The van der Waals surface area contributed by atoms with Crippen molar-refractivity contribution >= 4 is 16.6 Å². The quantitative estimate of drug-likeness (QED) is 0.202. The molecule has 0 unspecified atom stereocenters. The number of hydrogen-bond donors (Lipinski definition) is 2. The normalized spacial score (nSPS) is 8.63. The zero-order valence-corrected chi connectivity index (χ0v) is 24.1. The van der Waals surface area contributed by atoms with Crippen molar-refractivity contribution in [3.63, 3.8) is 0 Å². The lowest BCUT2D eigenvalue weighted by Crippen LogP contribution is -2.11. The highest BCUT2D eigenvalue weighted by molar-refractivity contribution is 5.92. The number of aromatic amines is 1. The van der Waals surface area contributed by atoms with Crippen LogP contribution in [0.1, 0.15) is 64.8 Å². The monoisotopic (exact) mass is 552 g/mol. The zero-order valence-electron chi connectivity index (χ0n) is 24.1. The largest absolute Gasteiger partial charge is 0.398 e. The fourth-order valence-corrected chi connectivity index (χ4v) is 3.39. The molecule has 5 aromatic rings. The Morgan fingerprint density at radius 1 is 0.707 bits per heavy atom. The fourth-order valence-electron chi connectivity index (χ4n) is 3.39. The minimum atomic E-state index is -0.315. The van der Waals surface area contributed by atoms with Gasteiger partial charge in [-0.25, -0.2) is 4.79 Å². The van der Waals surface area contributed by atoms with Crippen molar-refractivity contribution in [1.82, 2.24) is 9.97 Å². The summed E-state index contributed by atoms with van der Waals surface area (Å²) in [6, 6.07) is 33.4. The number of nitrogen functional groups attached to an aromatic ring is 1. The van der Waals surface area contributed by atoms with Crippen molar-refractivity contribution in [2.45, 2.75) is 63.3 Å². The lowest BCUT2D eigenvalue weighted by molar-refractivity contribution is 1.12. The molecule has 5 rings (SSSR count). The maximum atomic E-state index is 11.6. The van der Waals surface area contributed by atoms with Crippen molar-refractivity contribution in [3.8, 4) is 17.3 Å². The number of nitrogens with two attached hydrogens (primary N) is 1. The Hall–Kier alpha value is -4.69. The summed E-state index contributed by atoms with van der Waals surface area (Å²) in [5, 5.41) is 9.49. The highest BCUT2D eigenvalue weighted by atomic mass is 16.1. The van der Waals surface area contributed by atoms with Crippen molar-refractivity contribution in [2.24, 2.45) is 0 Å². The van der Waals surface area contributed by atoms with E-state index in [0.29, 0.717) is 11.3 Å². The number of rotatable bonds is 1. The molecule has 218 valence electrons. The minimum Gasteiger partial charge on any atom is -0.398 e. The second-order valence-corrected chi connectivity index (χ2v) is 8.16. The highest BCUT2D eigenvalue weighted by Gasteiger charge is 2.07. The molecule has 0 radical (unpaired) electrons. The molecule has 1 heterocycles. The second-order valence-electron chi connectivity index (χ2n) is 8.16. The smallest absolute Gasteiger partial charge is 0.345 e. The first-order valence-corrected chi connectivity index (χ1v) is 13.2. The minimum absolute atomic E-state index is 0. The van der Waals surface area contributed by atoms with Crippen LogP contribution in [0.15, 0.2) is 102 Å². The van der Waals surface area contributed by atoms with Gasteiger partial charge in [-0.2, -0.15) is 10.2 Å². The number of nitrogens with one attached hydrogen (secondary N) is 1. The number of aryl methyl sites for hydroxylation is 3. The SMILES string of the molecule is C.C.CC.CC.Cc1ccc(N)c(C#N)c1.Cc1ccc2[nH]c(=O)nc(-c3ccccc3)c2c1.Cc1ccccc1. The summed E-state index contributed by atoms with van der Waals surface area (Å²) in [5.74, 6) is 0. The van der Waals surface area contributed by atoms with Crippen LogP contribution in [0.2, 0.25) is 0 Å². The number of aromatic nitrogens is 2. The Bertz CT molecular complexity index is 1500. The number of nitriles is 1. The molecule has 0 aliphatic heterocycles. The molecule has 1 aromatic heterocycles. The van der Waals surface area contributed by atoms with Gasteiger partial charge in [0.2, 0.25) is 0 Å². The zero-order chi connectivity index (χ0) is 29.2. The third-order valence-corrected chi connectivity index (χ3v) is 5.20. The molecule has 0 bridgehead atoms. The lowest BCUT2D eigenvalue weighted by Gasteiger charge is -2.06. The molecule has 4 aromatic carbocycles. The molecule has 0 spiro atoms. The van der Waals surface area contributed by atoms with Crippen LogP contribution in [0, 0.1) is 32.1 Å². The summed E-state index contributed by atoms with van der Waals surface area (Å²) in [6.07, 6.45) is 0. The number of anilines is 1. The predicted octanol–water partition coefficient (Wildman–Crippen LogP) is 9.67. The molecule has 0 aliphatic carbocycles. The first kappa shape index (κ1) is 38.5. The molecule has 0 atom stereocenters.